The van der Waals surface area contributed by atoms with Crippen molar-refractivity contribution in [1.29, 1.82) is 5.26 Å². The summed E-state index contributed by atoms with van der Waals surface area (Å²) in [5, 5.41) is 20.0. The maximum atomic E-state index is 14.6. The third-order valence-corrected chi connectivity index (χ3v) is 7.05. The van der Waals surface area contributed by atoms with Gasteiger partial charge in [-0.15, -0.1) is 11.3 Å². The minimum atomic E-state index is -3.35. The molecule has 0 saturated heterocycles. The van der Waals surface area contributed by atoms with Crippen LogP contribution in [0.4, 0.5) is 17.6 Å². The second-order valence-electron chi connectivity index (χ2n) is 7.97. The molecule has 3 aromatic rings. The lowest BCUT2D eigenvalue weighted by atomic mass is 9.74. The number of thiazole rings is 1. The molecule has 3 unspecified atom stereocenters. The molecule has 1 heterocycles. The summed E-state index contributed by atoms with van der Waals surface area (Å²) in [7, 11) is 0. The van der Waals surface area contributed by atoms with E-state index in [4.69, 9.17) is 0 Å². The summed E-state index contributed by atoms with van der Waals surface area (Å²) in [5.41, 5.74) is 3.51. The largest absolute Gasteiger partial charge is 0.382 e. The van der Waals surface area contributed by atoms with Crippen LogP contribution in [0, 0.1) is 17.1 Å². The number of benzene rings is 2. The normalized spacial score (nSPS) is 23.8. The zero-order valence-corrected chi connectivity index (χ0v) is 16.9. The van der Waals surface area contributed by atoms with Crippen LogP contribution in [0.15, 0.2) is 36.0 Å². The maximum absolute atomic E-state index is 14.6. The zero-order valence-electron chi connectivity index (χ0n) is 16.1. The number of fused-ring (bicyclic) bond motifs is 2. The summed E-state index contributed by atoms with van der Waals surface area (Å²) in [5.74, 6) is -4.59. The predicted octanol–water partition coefficient (Wildman–Crippen LogP) is 5.98. The van der Waals surface area contributed by atoms with Crippen LogP contribution in [0.3, 0.4) is 0 Å². The summed E-state index contributed by atoms with van der Waals surface area (Å²) in [6.07, 6.45) is -2.10. The summed E-state index contributed by atoms with van der Waals surface area (Å²) in [6.45, 7) is 0. The van der Waals surface area contributed by atoms with E-state index in [2.05, 4.69) is 4.98 Å². The Kier molecular flexibility index (Phi) is 4.65. The van der Waals surface area contributed by atoms with E-state index in [1.807, 2.05) is 6.07 Å². The average molecular weight is 444 g/mol. The van der Waals surface area contributed by atoms with Gasteiger partial charge in [0.1, 0.15) is 18.1 Å². The Hall–Kier alpha value is -2.76. The number of rotatable bonds is 2. The minimum Gasteiger partial charge on any atom is -0.382 e. The SMILES string of the molecule is N#Cc1cc(F)cc2c1C(c1ccc(-c3cncs3)c3c1CC(F)(F)C3O)CCC2F. The fourth-order valence-corrected chi connectivity index (χ4v) is 5.59. The van der Waals surface area contributed by atoms with E-state index >= 15 is 0 Å². The van der Waals surface area contributed by atoms with E-state index in [-0.39, 0.29) is 23.1 Å². The van der Waals surface area contributed by atoms with Gasteiger partial charge in [0.2, 0.25) is 0 Å². The summed E-state index contributed by atoms with van der Waals surface area (Å²) >= 11 is 1.28. The van der Waals surface area contributed by atoms with Crippen LogP contribution in [0.25, 0.3) is 10.4 Å². The standard InChI is InChI=1S/C23H16F4N2OS/c24-12-5-11(8-28)20-14(3-4-18(25)16(20)6-12)13-1-2-15(19-9-29-10-31-19)21-17(13)7-23(26,27)22(21)30/h1-2,5-6,9-10,14,18,22,30H,3-4,7H2. The number of hydrogen-bond acceptors (Lipinski definition) is 4. The molecule has 0 radical (unpaired) electrons. The molecule has 0 bridgehead atoms. The Morgan fingerprint density at radius 1 is 1.16 bits per heavy atom. The van der Waals surface area contributed by atoms with Crippen LogP contribution >= 0.6 is 11.3 Å². The number of halogens is 4. The third-order valence-electron chi connectivity index (χ3n) is 6.24. The van der Waals surface area contributed by atoms with Crippen LogP contribution in [-0.2, 0) is 6.42 Å². The summed E-state index contributed by atoms with van der Waals surface area (Å²) in [6, 6.07) is 7.45. The predicted molar refractivity (Wildman–Crippen MR) is 107 cm³/mol. The molecule has 0 fully saturated rings. The van der Waals surface area contributed by atoms with Gasteiger partial charge in [0.05, 0.1) is 22.0 Å². The minimum absolute atomic E-state index is 0.00735. The Morgan fingerprint density at radius 2 is 1.97 bits per heavy atom. The lowest BCUT2D eigenvalue weighted by Crippen LogP contribution is -2.22. The Morgan fingerprint density at radius 3 is 2.68 bits per heavy atom. The molecule has 0 amide bonds. The van der Waals surface area contributed by atoms with Crippen molar-refractivity contribution in [2.24, 2.45) is 0 Å². The molecular formula is C23H16F4N2OS. The van der Waals surface area contributed by atoms with Gasteiger partial charge in [-0.1, -0.05) is 12.1 Å². The average Bonchev–Trinajstić information content (AvgIpc) is 3.35. The molecule has 158 valence electrons. The van der Waals surface area contributed by atoms with Gasteiger partial charge in [-0.2, -0.15) is 5.26 Å². The highest BCUT2D eigenvalue weighted by Crippen LogP contribution is 2.53. The quantitative estimate of drug-likeness (QED) is 0.495. The van der Waals surface area contributed by atoms with E-state index in [1.165, 1.54) is 11.3 Å². The molecule has 31 heavy (non-hydrogen) atoms. The molecule has 3 atom stereocenters. The van der Waals surface area contributed by atoms with Gasteiger partial charge in [0.25, 0.3) is 5.92 Å². The number of hydrogen-bond donors (Lipinski definition) is 1. The molecule has 2 aromatic carbocycles. The van der Waals surface area contributed by atoms with Crippen LogP contribution in [0.2, 0.25) is 0 Å². The molecule has 2 aliphatic rings. The van der Waals surface area contributed by atoms with Crippen molar-refractivity contribution >= 4 is 11.3 Å². The number of nitriles is 1. The summed E-state index contributed by atoms with van der Waals surface area (Å²) in [4.78, 5) is 4.66. The first kappa shape index (κ1) is 20.2. The number of aliphatic hydroxyl groups excluding tert-OH is 1. The van der Waals surface area contributed by atoms with Crippen molar-refractivity contribution in [3.8, 4) is 16.5 Å². The topological polar surface area (TPSA) is 56.9 Å². The van der Waals surface area contributed by atoms with Crippen LogP contribution < -0.4 is 0 Å². The van der Waals surface area contributed by atoms with Crippen molar-refractivity contribution in [3.05, 3.63) is 75.2 Å². The molecule has 1 N–H and O–H groups in total. The fraction of sp³-hybridized carbons (Fsp3) is 0.304. The van der Waals surface area contributed by atoms with Gasteiger partial charge >= 0.3 is 0 Å². The van der Waals surface area contributed by atoms with Gasteiger partial charge in [-0.3, -0.25) is 4.98 Å². The van der Waals surface area contributed by atoms with E-state index in [0.29, 0.717) is 33.6 Å². The smallest absolute Gasteiger partial charge is 0.281 e. The lowest BCUT2D eigenvalue weighted by Gasteiger charge is -2.31. The Bertz CT molecular complexity index is 1220. The summed E-state index contributed by atoms with van der Waals surface area (Å²) < 4.78 is 57.9. The lowest BCUT2D eigenvalue weighted by molar-refractivity contribution is -0.0966. The molecule has 2 aliphatic carbocycles. The second-order valence-corrected chi connectivity index (χ2v) is 8.85. The Balaban J connectivity index is 1.75. The molecule has 1 aromatic heterocycles. The van der Waals surface area contributed by atoms with Gasteiger partial charge in [-0.25, -0.2) is 17.6 Å². The molecule has 0 saturated carbocycles. The number of nitrogens with zero attached hydrogens (tertiary/aromatic N) is 2. The van der Waals surface area contributed by atoms with E-state index in [0.717, 1.165) is 12.1 Å². The second kappa shape index (κ2) is 7.14. The van der Waals surface area contributed by atoms with Gasteiger partial charge < -0.3 is 5.11 Å². The molecule has 0 spiro atoms. The number of aliphatic hydroxyl groups is 1. The van der Waals surface area contributed by atoms with Crippen molar-refractivity contribution in [2.75, 3.05) is 0 Å². The van der Waals surface area contributed by atoms with Crippen LogP contribution in [-0.4, -0.2) is 16.0 Å². The zero-order chi connectivity index (χ0) is 21.9. The van der Waals surface area contributed by atoms with E-state index < -0.39 is 36.4 Å². The highest BCUT2D eigenvalue weighted by Gasteiger charge is 2.50. The van der Waals surface area contributed by atoms with Crippen molar-refractivity contribution < 1.29 is 22.7 Å². The third kappa shape index (κ3) is 3.07. The number of aromatic nitrogens is 1. The van der Waals surface area contributed by atoms with Crippen molar-refractivity contribution in [3.63, 3.8) is 0 Å². The molecule has 0 aliphatic heterocycles. The van der Waals surface area contributed by atoms with Crippen LogP contribution in [0.5, 0.6) is 0 Å². The maximum Gasteiger partial charge on any atom is 0.281 e. The first-order valence-corrected chi connectivity index (χ1v) is 10.7. The van der Waals surface area contributed by atoms with Gasteiger partial charge in [0.15, 0.2) is 0 Å². The molecule has 3 nitrogen and oxygen atoms in total. The highest BCUT2D eigenvalue weighted by molar-refractivity contribution is 7.13. The molecule has 5 rings (SSSR count). The van der Waals surface area contributed by atoms with E-state index in [9.17, 15) is 27.9 Å². The molecule has 8 heteroatoms. The fourth-order valence-electron chi connectivity index (χ4n) is 4.93. The van der Waals surface area contributed by atoms with Crippen molar-refractivity contribution in [1.82, 2.24) is 4.98 Å². The van der Waals surface area contributed by atoms with Crippen molar-refractivity contribution in [2.45, 2.75) is 43.4 Å². The van der Waals surface area contributed by atoms with E-state index in [1.54, 1.807) is 23.8 Å². The monoisotopic (exact) mass is 444 g/mol. The van der Waals surface area contributed by atoms with Gasteiger partial charge in [-0.05, 0) is 58.4 Å². The number of alkyl halides is 3. The Labute approximate surface area is 179 Å². The van der Waals surface area contributed by atoms with Gasteiger partial charge in [0, 0.05) is 18.5 Å². The first-order valence-electron chi connectivity index (χ1n) is 9.79. The highest BCUT2D eigenvalue weighted by atomic mass is 32.1. The first-order chi connectivity index (χ1) is 14.8. The van der Waals surface area contributed by atoms with Crippen LogP contribution in [0.1, 0.15) is 64.4 Å². The molecular weight excluding hydrogens is 428 g/mol.